The first-order valence-corrected chi connectivity index (χ1v) is 7.62. The van der Waals surface area contributed by atoms with E-state index >= 15 is 0 Å². The highest BCUT2D eigenvalue weighted by molar-refractivity contribution is 8.13. The molecule has 0 spiro atoms. The first kappa shape index (κ1) is 12.4. The number of hydrogen-bond donors (Lipinski definition) is 0. The lowest BCUT2D eigenvalue weighted by Crippen LogP contribution is -2.27. The molecule has 6 heteroatoms. The average molecular weight is 274 g/mol. The van der Waals surface area contributed by atoms with Crippen LogP contribution in [0, 0.1) is 0 Å². The van der Waals surface area contributed by atoms with Crippen molar-refractivity contribution in [1.82, 2.24) is 0 Å². The Hall–Kier alpha value is -1.07. The highest BCUT2D eigenvalue weighted by Gasteiger charge is 2.25. The molecule has 0 fully saturated rings. The highest BCUT2D eigenvalue weighted by Crippen LogP contribution is 2.31. The predicted molar refractivity (Wildman–Crippen MR) is 65.8 cm³/mol. The first-order chi connectivity index (χ1) is 7.93. The Morgan fingerprint density at radius 1 is 1.47 bits per heavy atom. The molecule has 0 radical (unpaired) electrons. The van der Waals surface area contributed by atoms with Crippen LogP contribution in [0.2, 0.25) is 0 Å². The molecule has 1 aromatic carbocycles. The standard InChI is InChI=1S/C11H12ClNO3S/c1-2-11(14)13-6-5-8-7-9(17(12,15)16)3-4-10(8)13/h3-4,7H,2,5-6H2,1H3. The third-order valence-electron chi connectivity index (χ3n) is 2.83. The van der Waals surface area contributed by atoms with Gasteiger partial charge >= 0.3 is 0 Å². The number of benzene rings is 1. The van der Waals surface area contributed by atoms with Crippen LogP contribution < -0.4 is 4.90 Å². The zero-order chi connectivity index (χ0) is 12.6. The zero-order valence-corrected chi connectivity index (χ0v) is 10.9. The molecule has 1 aliphatic rings. The van der Waals surface area contributed by atoms with E-state index in [2.05, 4.69) is 0 Å². The van der Waals surface area contributed by atoms with Crippen LogP contribution in [0.1, 0.15) is 18.9 Å². The van der Waals surface area contributed by atoms with Gasteiger partial charge < -0.3 is 4.90 Å². The number of rotatable bonds is 2. The number of fused-ring (bicyclic) bond motifs is 1. The second-order valence-corrected chi connectivity index (χ2v) is 6.44. The van der Waals surface area contributed by atoms with E-state index in [1.54, 1.807) is 24.0 Å². The summed E-state index contributed by atoms with van der Waals surface area (Å²) >= 11 is 0. The van der Waals surface area contributed by atoms with Gasteiger partial charge in [-0.2, -0.15) is 0 Å². The van der Waals surface area contributed by atoms with Gasteiger partial charge in [0.25, 0.3) is 9.05 Å². The topological polar surface area (TPSA) is 54.5 Å². The monoisotopic (exact) mass is 273 g/mol. The Morgan fingerprint density at radius 2 is 2.18 bits per heavy atom. The number of amides is 1. The van der Waals surface area contributed by atoms with Crippen molar-refractivity contribution in [2.75, 3.05) is 11.4 Å². The van der Waals surface area contributed by atoms with Crippen LogP contribution in [0.4, 0.5) is 5.69 Å². The van der Waals surface area contributed by atoms with Crippen LogP contribution in [0.3, 0.4) is 0 Å². The van der Waals surface area contributed by atoms with Gasteiger partial charge in [0, 0.05) is 29.3 Å². The lowest BCUT2D eigenvalue weighted by molar-refractivity contribution is -0.118. The lowest BCUT2D eigenvalue weighted by Gasteiger charge is -2.16. The van der Waals surface area contributed by atoms with Gasteiger partial charge in [-0.3, -0.25) is 4.79 Å². The molecule has 2 rings (SSSR count). The molecule has 1 heterocycles. The normalized spacial score (nSPS) is 14.8. The van der Waals surface area contributed by atoms with Gasteiger partial charge in [-0.05, 0) is 30.2 Å². The third-order valence-corrected chi connectivity index (χ3v) is 4.18. The minimum Gasteiger partial charge on any atom is -0.312 e. The number of anilines is 1. The van der Waals surface area contributed by atoms with Crippen molar-refractivity contribution >= 4 is 31.3 Å². The van der Waals surface area contributed by atoms with Gasteiger partial charge in [0.05, 0.1) is 4.90 Å². The van der Waals surface area contributed by atoms with Crippen molar-refractivity contribution in [2.24, 2.45) is 0 Å². The molecule has 0 unspecified atom stereocenters. The van der Waals surface area contributed by atoms with Crippen molar-refractivity contribution < 1.29 is 13.2 Å². The SMILES string of the molecule is CCC(=O)N1CCc2cc(S(=O)(=O)Cl)ccc21. The molecule has 0 atom stereocenters. The molecule has 0 aliphatic carbocycles. The van der Waals surface area contributed by atoms with E-state index < -0.39 is 9.05 Å². The Bertz CT molecular complexity index is 568. The predicted octanol–water partition coefficient (Wildman–Crippen LogP) is 1.91. The molecule has 0 N–H and O–H groups in total. The van der Waals surface area contributed by atoms with Crippen LogP contribution in [0.5, 0.6) is 0 Å². The number of carbonyl (C=O) groups excluding carboxylic acids is 1. The van der Waals surface area contributed by atoms with Crippen molar-refractivity contribution in [2.45, 2.75) is 24.7 Å². The maximum absolute atomic E-state index is 11.6. The maximum Gasteiger partial charge on any atom is 0.261 e. The quantitative estimate of drug-likeness (QED) is 0.774. The largest absolute Gasteiger partial charge is 0.312 e. The molecular weight excluding hydrogens is 262 g/mol. The van der Waals surface area contributed by atoms with Crippen molar-refractivity contribution in [3.8, 4) is 0 Å². The second kappa shape index (κ2) is 4.31. The smallest absolute Gasteiger partial charge is 0.261 e. The molecule has 17 heavy (non-hydrogen) atoms. The summed E-state index contributed by atoms with van der Waals surface area (Å²) in [5, 5.41) is 0. The molecule has 0 aromatic heterocycles. The summed E-state index contributed by atoms with van der Waals surface area (Å²) in [5.41, 5.74) is 1.65. The van der Waals surface area contributed by atoms with Gasteiger partial charge in [-0.1, -0.05) is 6.92 Å². The number of halogens is 1. The average Bonchev–Trinajstić information content (AvgIpc) is 2.69. The minimum absolute atomic E-state index is 0.0465. The minimum atomic E-state index is -3.70. The van der Waals surface area contributed by atoms with E-state index in [0.29, 0.717) is 19.4 Å². The molecule has 4 nitrogen and oxygen atoms in total. The summed E-state index contributed by atoms with van der Waals surface area (Å²) in [4.78, 5) is 13.4. The Balaban J connectivity index is 2.42. The Labute approximate surface area is 105 Å². The molecule has 92 valence electrons. The Kier molecular flexibility index (Phi) is 3.14. The van der Waals surface area contributed by atoms with Crippen LogP contribution in [-0.4, -0.2) is 20.9 Å². The Morgan fingerprint density at radius 3 is 2.76 bits per heavy atom. The molecule has 1 aromatic rings. The number of nitrogens with zero attached hydrogens (tertiary/aromatic N) is 1. The number of hydrogen-bond acceptors (Lipinski definition) is 3. The molecular formula is C11H12ClNO3S. The maximum atomic E-state index is 11.6. The van der Waals surface area contributed by atoms with Crippen LogP contribution in [0.25, 0.3) is 0 Å². The molecule has 0 bridgehead atoms. The fourth-order valence-corrected chi connectivity index (χ4v) is 2.78. The van der Waals surface area contributed by atoms with E-state index in [1.807, 2.05) is 0 Å². The number of carbonyl (C=O) groups is 1. The summed E-state index contributed by atoms with van der Waals surface area (Å²) in [7, 11) is 1.58. The molecule has 0 saturated heterocycles. The van der Waals surface area contributed by atoms with Gasteiger partial charge in [0.15, 0.2) is 0 Å². The highest BCUT2D eigenvalue weighted by atomic mass is 35.7. The van der Waals surface area contributed by atoms with Gasteiger partial charge in [0.1, 0.15) is 0 Å². The summed E-state index contributed by atoms with van der Waals surface area (Å²) in [6.45, 7) is 2.41. The molecule has 1 amide bonds. The molecule has 1 aliphatic heterocycles. The summed E-state index contributed by atoms with van der Waals surface area (Å²) in [5.74, 6) is 0.0465. The van der Waals surface area contributed by atoms with Gasteiger partial charge in [0.2, 0.25) is 5.91 Å². The summed E-state index contributed by atoms with van der Waals surface area (Å²) in [6, 6.07) is 4.62. The van der Waals surface area contributed by atoms with Crippen molar-refractivity contribution in [1.29, 1.82) is 0 Å². The fourth-order valence-electron chi connectivity index (χ4n) is 1.98. The lowest BCUT2D eigenvalue weighted by atomic mass is 10.2. The zero-order valence-electron chi connectivity index (χ0n) is 9.31. The first-order valence-electron chi connectivity index (χ1n) is 5.31. The van der Waals surface area contributed by atoms with Crippen molar-refractivity contribution in [3.05, 3.63) is 23.8 Å². The van der Waals surface area contributed by atoms with E-state index in [4.69, 9.17) is 10.7 Å². The summed E-state index contributed by atoms with van der Waals surface area (Å²) in [6.07, 6.45) is 1.11. The van der Waals surface area contributed by atoms with E-state index in [-0.39, 0.29) is 10.8 Å². The fraction of sp³-hybridized carbons (Fsp3) is 0.364. The van der Waals surface area contributed by atoms with Gasteiger partial charge in [-0.15, -0.1) is 0 Å². The molecule has 0 saturated carbocycles. The van der Waals surface area contributed by atoms with Crippen LogP contribution in [0.15, 0.2) is 23.1 Å². The second-order valence-electron chi connectivity index (χ2n) is 3.88. The van der Waals surface area contributed by atoms with Crippen molar-refractivity contribution in [3.63, 3.8) is 0 Å². The van der Waals surface area contributed by atoms with E-state index in [9.17, 15) is 13.2 Å². The van der Waals surface area contributed by atoms with Crippen LogP contribution in [-0.2, 0) is 20.3 Å². The van der Waals surface area contributed by atoms with E-state index in [1.165, 1.54) is 6.07 Å². The van der Waals surface area contributed by atoms with E-state index in [0.717, 1.165) is 11.3 Å². The van der Waals surface area contributed by atoms with Gasteiger partial charge in [-0.25, -0.2) is 8.42 Å². The summed E-state index contributed by atoms with van der Waals surface area (Å²) < 4.78 is 22.4. The third kappa shape index (κ3) is 2.30. The van der Waals surface area contributed by atoms with Crippen LogP contribution >= 0.6 is 10.7 Å².